The third kappa shape index (κ3) is 3.97. The van der Waals surface area contributed by atoms with Crippen LogP contribution in [0.2, 0.25) is 0 Å². The minimum atomic E-state index is -0.0197. The lowest BCUT2D eigenvalue weighted by molar-refractivity contribution is 0.113. The zero-order valence-electron chi connectivity index (χ0n) is 11.0. The highest BCUT2D eigenvalue weighted by atomic mass is 79.9. The first kappa shape index (κ1) is 15.5. The summed E-state index contributed by atoms with van der Waals surface area (Å²) < 4.78 is 0.709. The van der Waals surface area contributed by atoms with E-state index in [2.05, 4.69) is 35.1 Å². The Hall–Kier alpha value is -0.580. The Morgan fingerprint density at radius 3 is 2.44 bits per heavy atom. The first-order valence-electron chi connectivity index (χ1n) is 6.36. The van der Waals surface area contributed by atoms with Gasteiger partial charge < -0.3 is 15.5 Å². The van der Waals surface area contributed by atoms with Crippen LogP contribution in [-0.2, 0) is 6.54 Å². The maximum absolute atomic E-state index is 9.47. The van der Waals surface area contributed by atoms with E-state index in [1.54, 1.807) is 6.07 Å². The predicted octanol–water partition coefficient (Wildman–Crippen LogP) is 3.04. The molecule has 0 aliphatic rings. The zero-order chi connectivity index (χ0) is 13.6. The molecule has 0 spiro atoms. The van der Waals surface area contributed by atoms with Crippen LogP contribution in [0.4, 0.5) is 0 Å². The van der Waals surface area contributed by atoms with Crippen molar-refractivity contribution in [3.63, 3.8) is 0 Å². The molecule has 0 aliphatic heterocycles. The number of rotatable bonds is 7. The van der Waals surface area contributed by atoms with E-state index in [9.17, 15) is 10.2 Å². The molecule has 0 radical (unpaired) electrons. The molecule has 0 atom stereocenters. The maximum atomic E-state index is 9.47. The Kier molecular flexibility index (Phi) is 6.12. The summed E-state index contributed by atoms with van der Waals surface area (Å²) in [5.74, 6) is 0.255. The quantitative estimate of drug-likeness (QED) is 0.725. The summed E-state index contributed by atoms with van der Waals surface area (Å²) in [7, 11) is 0. The molecular formula is C14H22BrNO2. The lowest BCUT2D eigenvalue weighted by atomic mass is 9.83. The molecule has 1 aromatic rings. The van der Waals surface area contributed by atoms with Crippen LogP contribution in [0.5, 0.6) is 5.75 Å². The number of aromatic hydroxyl groups is 1. The summed E-state index contributed by atoms with van der Waals surface area (Å²) in [6, 6.07) is 5.48. The second-order valence-electron chi connectivity index (χ2n) is 4.75. The normalized spacial score (nSPS) is 11.8. The first-order chi connectivity index (χ1) is 8.56. The number of nitrogens with one attached hydrogen (secondary N) is 1. The first-order valence-corrected chi connectivity index (χ1v) is 7.15. The fraction of sp³-hybridized carbons (Fsp3) is 0.571. The zero-order valence-corrected chi connectivity index (χ0v) is 12.6. The molecule has 3 N–H and O–H groups in total. The van der Waals surface area contributed by atoms with Crippen molar-refractivity contribution in [2.45, 2.75) is 33.2 Å². The van der Waals surface area contributed by atoms with Crippen molar-refractivity contribution in [3.05, 3.63) is 28.2 Å². The molecule has 0 saturated heterocycles. The number of benzene rings is 1. The van der Waals surface area contributed by atoms with E-state index in [4.69, 9.17) is 0 Å². The lowest BCUT2D eigenvalue weighted by Gasteiger charge is -2.29. The number of phenolic OH excluding ortho intramolecular Hbond substituents is 1. The summed E-state index contributed by atoms with van der Waals surface area (Å²) in [5.41, 5.74) is 1.09. The number of aliphatic hydroxyl groups is 1. The number of phenols is 1. The van der Waals surface area contributed by atoms with Gasteiger partial charge in [-0.3, -0.25) is 0 Å². The maximum Gasteiger partial charge on any atom is 0.129 e. The van der Waals surface area contributed by atoms with Crippen LogP contribution in [-0.4, -0.2) is 23.4 Å². The Bertz CT molecular complexity index is 370. The molecule has 4 heteroatoms. The van der Waals surface area contributed by atoms with Gasteiger partial charge in [0.05, 0.1) is 4.47 Å². The highest BCUT2D eigenvalue weighted by molar-refractivity contribution is 9.10. The molecular weight excluding hydrogens is 294 g/mol. The largest absolute Gasteiger partial charge is 0.507 e. The third-order valence-electron chi connectivity index (χ3n) is 3.68. The monoisotopic (exact) mass is 315 g/mol. The van der Waals surface area contributed by atoms with Crippen LogP contribution >= 0.6 is 15.9 Å². The summed E-state index contributed by atoms with van der Waals surface area (Å²) in [6.45, 7) is 5.97. The third-order valence-corrected chi connectivity index (χ3v) is 4.31. The van der Waals surface area contributed by atoms with Crippen LogP contribution in [0.25, 0.3) is 0 Å². The number of hydrogen-bond acceptors (Lipinski definition) is 3. The molecule has 0 saturated carbocycles. The Labute approximate surface area is 117 Å². The van der Waals surface area contributed by atoms with Crippen molar-refractivity contribution >= 4 is 15.9 Å². The van der Waals surface area contributed by atoms with Gasteiger partial charge in [0.15, 0.2) is 0 Å². The standard InChI is InChI=1S/C14H22BrNO2/c1-3-14(4-2,10-17)9-16-8-11-5-6-13(18)12(15)7-11/h5-7,16-18H,3-4,8-10H2,1-2H3. The fourth-order valence-corrected chi connectivity index (χ4v) is 2.34. The van der Waals surface area contributed by atoms with E-state index in [1.165, 1.54) is 0 Å². The van der Waals surface area contributed by atoms with Crippen LogP contribution < -0.4 is 5.32 Å². The van der Waals surface area contributed by atoms with E-state index in [1.807, 2.05) is 12.1 Å². The molecule has 0 amide bonds. The molecule has 3 nitrogen and oxygen atoms in total. The fourth-order valence-electron chi connectivity index (χ4n) is 1.91. The minimum Gasteiger partial charge on any atom is -0.507 e. The number of halogens is 1. The van der Waals surface area contributed by atoms with E-state index in [-0.39, 0.29) is 17.8 Å². The van der Waals surface area contributed by atoms with Gasteiger partial charge >= 0.3 is 0 Å². The van der Waals surface area contributed by atoms with Gasteiger partial charge in [0.25, 0.3) is 0 Å². The summed E-state index contributed by atoms with van der Waals surface area (Å²) in [5, 5.41) is 22.3. The van der Waals surface area contributed by atoms with Crippen LogP contribution in [0.15, 0.2) is 22.7 Å². The molecule has 0 aromatic heterocycles. The van der Waals surface area contributed by atoms with Crippen molar-refractivity contribution < 1.29 is 10.2 Å². The molecule has 0 unspecified atom stereocenters. The number of hydrogen-bond donors (Lipinski definition) is 3. The Morgan fingerprint density at radius 2 is 1.94 bits per heavy atom. The van der Waals surface area contributed by atoms with E-state index >= 15 is 0 Å². The Balaban J connectivity index is 2.52. The van der Waals surface area contributed by atoms with Gasteiger partial charge in [-0.05, 0) is 46.5 Å². The molecule has 1 rings (SSSR count). The molecule has 1 aromatic carbocycles. The molecule has 0 fully saturated rings. The average Bonchev–Trinajstić information content (AvgIpc) is 2.39. The minimum absolute atomic E-state index is 0.0197. The van der Waals surface area contributed by atoms with E-state index in [0.717, 1.165) is 31.5 Å². The van der Waals surface area contributed by atoms with Gasteiger partial charge in [0.1, 0.15) is 5.75 Å². The molecule has 0 bridgehead atoms. The number of aliphatic hydroxyl groups excluding tert-OH is 1. The molecule has 102 valence electrons. The van der Waals surface area contributed by atoms with Gasteiger partial charge in [-0.15, -0.1) is 0 Å². The van der Waals surface area contributed by atoms with Gasteiger partial charge in [-0.1, -0.05) is 19.9 Å². The van der Waals surface area contributed by atoms with Crippen molar-refractivity contribution in [2.75, 3.05) is 13.2 Å². The average molecular weight is 316 g/mol. The van der Waals surface area contributed by atoms with E-state index in [0.29, 0.717) is 4.47 Å². The molecule has 0 aliphatic carbocycles. The van der Waals surface area contributed by atoms with E-state index < -0.39 is 0 Å². The summed E-state index contributed by atoms with van der Waals surface area (Å²) >= 11 is 3.30. The summed E-state index contributed by atoms with van der Waals surface area (Å²) in [6.07, 6.45) is 1.93. The second-order valence-corrected chi connectivity index (χ2v) is 5.61. The summed E-state index contributed by atoms with van der Waals surface area (Å²) in [4.78, 5) is 0. The van der Waals surface area contributed by atoms with Crippen molar-refractivity contribution in [1.82, 2.24) is 5.32 Å². The highest BCUT2D eigenvalue weighted by Crippen LogP contribution is 2.26. The van der Waals surface area contributed by atoms with Gasteiger partial charge in [-0.25, -0.2) is 0 Å². The van der Waals surface area contributed by atoms with Gasteiger partial charge in [0, 0.05) is 25.1 Å². The van der Waals surface area contributed by atoms with Crippen molar-refractivity contribution in [1.29, 1.82) is 0 Å². The Morgan fingerprint density at radius 1 is 1.28 bits per heavy atom. The lowest BCUT2D eigenvalue weighted by Crippen LogP contribution is -2.36. The van der Waals surface area contributed by atoms with Crippen molar-refractivity contribution in [3.8, 4) is 5.75 Å². The van der Waals surface area contributed by atoms with Crippen LogP contribution in [0.3, 0.4) is 0 Å². The smallest absolute Gasteiger partial charge is 0.129 e. The second kappa shape index (κ2) is 7.12. The molecule has 0 heterocycles. The predicted molar refractivity (Wildman–Crippen MR) is 77.6 cm³/mol. The SMILES string of the molecule is CCC(CC)(CO)CNCc1ccc(O)c(Br)c1. The van der Waals surface area contributed by atoms with Crippen LogP contribution in [0.1, 0.15) is 32.3 Å². The topological polar surface area (TPSA) is 52.5 Å². The highest BCUT2D eigenvalue weighted by Gasteiger charge is 2.24. The van der Waals surface area contributed by atoms with Crippen LogP contribution in [0, 0.1) is 5.41 Å². The van der Waals surface area contributed by atoms with Crippen molar-refractivity contribution in [2.24, 2.45) is 5.41 Å². The van der Waals surface area contributed by atoms with Gasteiger partial charge in [-0.2, -0.15) is 0 Å². The molecule has 18 heavy (non-hydrogen) atoms. The van der Waals surface area contributed by atoms with Gasteiger partial charge in [0.2, 0.25) is 0 Å².